The van der Waals surface area contributed by atoms with E-state index in [0.717, 1.165) is 5.56 Å². The largest absolute Gasteiger partial charge is 0.493 e. The molecule has 0 aliphatic carbocycles. The van der Waals surface area contributed by atoms with E-state index in [4.69, 9.17) is 4.74 Å². The molecular formula is C24H23F2N3O4S. The first kappa shape index (κ1) is 24.8. The fourth-order valence-corrected chi connectivity index (χ4v) is 3.93. The summed E-state index contributed by atoms with van der Waals surface area (Å²) in [6, 6.07) is 13.8. The van der Waals surface area contributed by atoms with E-state index in [9.17, 15) is 18.4 Å². The summed E-state index contributed by atoms with van der Waals surface area (Å²) < 4.78 is 34.3. The quantitative estimate of drug-likeness (QED) is 0.415. The predicted octanol–water partition coefficient (Wildman–Crippen LogP) is 4.81. The lowest BCUT2D eigenvalue weighted by Crippen LogP contribution is -2.23. The van der Waals surface area contributed by atoms with E-state index in [1.54, 1.807) is 23.6 Å². The van der Waals surface area contributed by atoms with Crippen molar-refractivity contribution in [1.29, 1.82) is 0 Å². The van der Waals surface area contributed by atoms with Crippen LogP contribution in [0.1, 0.15) is 18.2 Å². The lowest BCUT2D eigenvalue weighted by molar-refractivity contribution is -0.117. The zero-order valence-electron chi connectivity index (χ0n) is 18.5. The molecule has 7 nitrogen and oxygen atoms in total. The summed E-state index contributed by atoms with van der Waals surface area (Å²) in [7, 11) is 1.36. The Bertz CT molecular complexity index is 1150. The highest BCUT2D eigenvalue weighted by Gasteiger charge is 2.17. The number of anilines is 2. The van der Waals surface area contributed by atoms with Crippen LogP contribution in [-0.2, 0) is 16.0 Å². The van der Waals surface area contributed by atoms with Gasteiger partial charge in [-0.3, -0.25) is 14.5 Å². The molecule has 1 N–H and O–H groups in total. The summed E-state index contributed by atoms with van der Waals surface area (Å²) in [6.07, 6.45) is 3.40. The van der Waals surface area contributed by atoms with Crippen LogP contribution in [0.5, 0.6) is 11.5 Å². The van der Waals surface area contributed by atoms with Gasteiger partial charge in [-0.1, -0.05) is 24.3 Å². The summed E-state index contributed by atoms with van der Waals surface area (Å²) in [6.45, 7) is -1.15. The van der Waals surface area contributed by atoms with E-state index in [-0.39, 0.29) is 23.3 Å². The smallest absolute Gasteiger partial charge is 0.387 e. The molecule has 10 heteroatoms. The SMILES string of the molecule is COc1cc(CCNC(=O)/C=C/c2csc(N(C(C)=O)c3ccccc3)n2)ccc1OC(F)F. The number of alkyl halides is 2. The molecule has 0 bridgehead atoms. The Labute approximate surface area is 199 Å². The number of hydrogen-bond donors (Lipinski definition) is 1. The van der Waals surface area contributed by atoms with Crippen molar-refractivity contribution in [3.8, 4) is 11.5 Å². The first-order valence-electron chi connectivity index (χ1n) is 10.3. The van der Waals surface area contributed by atoms with Gasteiger partial charge >= 0.3 is 6.61 Å². The Morgan fingerprint density at radius 2 is 1.94 bits per heavy atom. The average molecular weight is 488 g/mol. The number of benzene rings is 2. The molecule has 0 saturated carbocycles. The predicted molar refractivity (Wildman–Crippen MR) is 127 cm³/mol. The fourth-order valence-electron chi connectivity index (χ4n) is 3.07. The van der Waals surface area contributed by atoms with Crippen LogP contribution < -0.4 is 19.7 Å². The monoisotopic (exact) mass is 487 g/mol. The van der Waals surface area contributed by atoms with Crippen molar-refractivity contribution >= 4 is 40.0 Å². The number of para-hydroxylation sites is 1. The number of aromatic nitrogens is 1. The maximum atomic E-state index is 12.4. The van der Waals surface area contributed by atoms with Crippen LogP contribution in [0.25, 0.3) is 6.08 Å². The second-order valence-corrected chi connectivity index (χ2v) is 7.82. The van der Waals surface area contributed by atoms with E-state index in [1.165, 1.54) is 42.4 Å². The number of amides is 2. The Balaban J connectivity index is 1.55. The minimum absolute atomic E-state index is 0.0496. The van der Waals surface area contributed by atoms with Crippen LogP contribution in [0.3, 0.4) is 0 Å². The normalized spacial score (nSPS) is 11.0. The molecule has 1 aromatic heterocycles. The van der Waals surface area contributed by atoms with Crippen LogP contribution in [0.2, 0.25) is 0 Å². The van der Waals surface area contributed by atoms with E-state index in [1.807, 2.05) is 30.3 Å². The van der Waals surface area contributed by atoms with Gasteiger partial charge in [-0.2, -0.15) is 8.78 Å². The number of carbonyl (C=O) groups is 2. The highest BCUT2D eigenvalue weighted by molar-refractivity contribution is 7.14. The van der Waals surface area contributed by atoms with E-state index in [0.29, 0.717) is 29.5 Å². The van der Waals surface area contributed by atoms with Gasteiger partial charge in [0.05, 0.1) is 18.5 Å². The molecule has 0 unspecified atom stereocenters. The van der Waals surface area contributed by atoms with Gasteiger partial charge in [-0.05, 0) is 42.3 Å². The molecule has 0 radical (unpaired) electrons. The number of nitrogens with one attached hydrogen (secondary N) is 1. The molecular weight excluding hydrogens is 464 g/mol. The van der Waals surface area contributed by atoms with E-state index < -0.39 is 6.61 Å². The summed E-state index contributed by atoms with van der Waals surface area (Å²) in [5.41, 5.74) is 2.05. The topological polar surface area (TPSA) is 80.8 Å². The lowest BCUT2D eigenvalue weighted by atomic mass is 10.1. The number of nitrogens with zero attached hydrogens (tertiary/aromatic N) is 2. The number of rotatable bonds is 10. The van der Waals surface area contributed by atoms with Crippen molar-refractivity contribution in [3.63, 3.8) is 0 Å². The van der Waals surface area contributed by atoms with Crippen molar-refractivity contribution in [1.82, 2.24) is 10.3 Å². The Kier molecular flexibility index (Phi) is 8.69. The molecule has 0 aliphatic rings. The second-order valence-electron chi connectivity index (χ2n) is 6.98. The molecule has 2 amide bonds. The average Bonchev–Trinajstić information content (AvgIpc) is 3.27. The molecule has 0 aliphatic heterocycles. The van der Waals surface area contributed by atoms with Crippen molar-refractivity contribution < 1.29 is 27.8 Å². The van der Waals surface area contributed by atoms with Crippen molar-refractivity contribution in [2.45, 2.75) is 20.0 Å². The molecule has 2 aromatic carbocycles. The molecule has 3 rings (SSSR count). The van der Waals surface area contributed by atoms with Crippen molar-refractivity contribution in [3.05, 3.63) is 71.2 Å². The van der Waals surface area contributed by atoms with Gasteiger partial charge < -0.3 is 14.8 Å². The lowest BCUT2D eigenvalue weighted by Gasteiger charge is -2.17. The standard InChI is InChI=1S/C24H23F2N3O4S/c1-16(30)29(19-6-4-3-5-7-19)24-28-18(15-34-24)9-11-22(31)27-13-12-17-8-10-20(33-23(25)26)21(14-17)32-2/h3-11,14-15,23H,12-13H2,1-2H3,(H,27,31)/b11-9+. The third-order valence-electron chi connectivity index (χ3n) is 4.59. The number of carbonyl (C=O) groups excluding carboxylic acids is 2. The van der Waals surface area contributed by atoms with Gasteiger partial charge in [0.1, 0.15) is 0 Å². The number of halogens is 2. The number of ether oxygens (including phenoxy) is 2. The first-order valence-corrected chi connectivity index (χ1v) is 11.1. The van der Waals surface area contributed by atoms with Gasteiger partial charge in [0.15, 0.2) is 16.6 Å². The van der Waals surface area contributed by atoms with Crippen LogP contribution >= 0.6 is 11.3 Å². The molecule has 34 heavy (non-hydrogen) atoms. The maximum absolute atomic E-state index is 12.4. The van der Waals surface area contributed by atoms with Crippen LogP contribution in [0, 0.1) is 0 Å². The van der Waals surface area contributed by atoms with E-state index in [2.05, 4.69) is 15.0 Å². The molecule has 0 saturated heterocycles. The summed E-state index contributed by atoms with van der Waals surface area (Å²) >= 11 is 1.30. The molecule has 3 aromatic rings. The number of thiazole rings is 1. The Morgan fingerprint density at radius 3 is 2.62 bits per heavy atom. The highest BCUT2D eigenvalue weighted by atomic mass is 32.1. The van der Waals surface area contributed by atoms with Gasteiger partial charge in [-0.15, -0.1) is 11.3 Å². The molecule has 0 atom stereocenters. The van der Waals surface area contributed by atoms with Crippen LogP contribution in [0.15, 0.2) is 60.0 Å². The summed E-state index contributed by atoms with van der Waals surface area (Å²) in [4.78, 5) is 30.2. The number of methoxy groups -OCH3 is 1. The molecule has 1 heterocycles. The Hall–Kier alpha value is -3.79. The highest BCUT2D eigenvalue weighted by Crippen LogP contribution is 2.30. The van der Waals surface area contributed by atoms with Crippen molar-refractivity contribution in [2.75, 3.05) is 18.6 Å². The summed E-state index contributed by atoms with van der Waals surface area (Å²) in [5, 5.41) is 5.02. The van der Waals surface area contributed by atoms with Gasteiger partial charge in [0.2, 0.25) is 11.8 Å². The zero-order valence-corrected chi connectivity index (χ0v) is 19.4. The third kappa shape index (κ3) is 6.85. The minimum Gasteiger partial charge on any atom is -0.493 e. The zero-order chi connectivity index (χ0) is 24.5. The number of hydrogen-bond acceptors (Lipinski definition) is 6. The molecule has 178 valence electrons. The van der Waals surface area contributed by atoms with Gasteiger partial charge in [-0.25, -0.2) is 4.98 Å². The van der Waals surface area contributed by atoms with E-state index >= 15 is 0 Å². The molecule has 0 spiro atoms. The Morgan fingerprint density at radius 1 is 1.18 bits per heavy atom. The van der Waals surface area contributed by atoms with Crippen LogP contribution in [-0.4, -0.2) is 37.1 Å². The third-order valence-corrected chi connectivity index (χ3v) is 5.44. The van der Waals surface area contributed by atoms with Crippen LogP contribution in [0.4, 0.5) is 19.6 Å². The fraction of sp³-hybridized carbons (Fsp3) is 0.208. The van der Waals surface area contributed by atoms with Gasteiger partial charge in [0, 0.05) is 24.9 Å². The second kappa shape index (κ2) is 11.9. The first-order chi connectivity index (χ1) is 16.4. The summed E-state index contributed by atoms with van der Waals surface area (Å²) in [5.74, 6) is -0.338. The van der Waals surface area contributed by atoms with Crippen molar-refractivity contribution in [2.24, 2.45) is 0 Å². The minimum atomic E-state index is -2.94. The molecule has 0 fully saturated rings. The maximum Gasteiger partial charge on any atom is 0.387 e. The van der Waals surface area contributed by atoms with Gasteiger partial charge in [0.25, 0.3) is 0 Å².